The smallest absolute Gasteiger partial charge is 0.271 e. The highest BCUT2D eigenvalue weighted by Gasteiger charge is 2.10. The summed E-state index contributed by atoms with van der Waals surface area (Å²) in [6.07, 6.45) is 1.51. The van der Waals surface area contributed by atoms with Gasteiger partial charge in [-0.3, -0.25) is 9.59 Å². The molecule has 0 radical (unpaired) electrons. The van der Waals surface area contributed by atoms with E-state index in [4.69, 9.17) is 9.47 Å². The van der Waals surface area contributed by atoms with E-state index in [9.17, 15) is 9.59 Å². The lowest BCUT2D eigenvalue weighted by Gasteiger charge is -2.13. The van der Waals surface area contributed by atoms with Crippen LogP contribution in [0.1, 0.15) is 34.0 Å². The van der Waals surface area contributed by atoms with Crippen molar-refractivity contribution in [1.29, 1.82) is 0 Å². The molecule has 0 aliphatic carbocycles. The summed E-state index contributed by atoms with van der Waals surface area (Å²) < 4.78 is 11.3. The number of carbonyl (C=O) groups excluding carboxylic acids is 2. The number of hydrogen-bond donors (Lipinski definition) is 2. The Balaban J connectivity index is 1.60. The molecule has 0 fully saturated rings. The lowest BCUT2D eigenvalue weighted by atomic mass is 10.1. The maximum absolute atomic E-state index is 12.3. The minimum Gasteiger partial charge on any atom is -0.490 e. The average molecular weight is 446 g/mol. The van der Waals surface area contributed by atoms with Gasteiger partial charge in [-0.15, -0.1) is 0 Å². The molecule has 7 nitrogen and oxygen atoms in total. The molecule has 0 aliphatic heterocycles. The van der Waals surface area contributed by atoms with Gasteiger partial charge in [0.25, 0.3) is 11.8 Å². The van der Waals surface area contributed by atoms with Gasteiger partial charge in [0.1, 0.15) is 0 Å². The van der Waals surface area contributed by atoms with Gasteiger partial charge in [-0.1, -0.05) is 35.9 Å². The standard InChI is InChI=1S/C26H27N3O4/c1-4-32-24-15-20(16-27-29-26(31)21-8-6-5-7-9-21)11-13-23(24)33-17-25(30)28-22-12-10-18(2)14-19(22)3/h5-16H,4,17H2,1-3H3,(H,28,30)(H,29,31)/b27-16+. The number of hydrogen-bond acceptors (Lipinski definition) is 5. The zero-order valence-electron chi connectivity index (χ0n) is 18.9. The molecule has 170 valence electrons. The SMILES string of the molecule is CCOc1cc(/C=N/NC(=O)c2ccccc2)ccc1OCC(=O)Nc1ccc(C)cc1C. The monoisotopic (exact) mass is 445 g/mol. The molecule has 2 N–H and O–H groups in total. The Hall–Kier alpha value is -4.13. The number of benzene rings is 3. The fourth-order valence-electron chi connectivity index (χ4n) is 3.10. The summed E-state index contributed by atoms with van der Waals surface area (Å²) in [5.41, 5.74) is 6.59. The molecule has 0 spiro atoms. The van der Waals surface area contributed by atoms with Gasteiger partial charge in [0.2, 0.25) is 0 Å². The van der Waals surface area contributed by atoms with Crippen LogP contribution in [0.25, 0.3) is 0 Å². The second kappa shape index (κ2) is 11.5. The van der Waals surface area contributed by atoms with E-state index in [1.54, 1.807) is 42.5 Å². The molecule has 33 heavy (non-hydrogen) atoms. The summed E-state index contributed by atoms with van der Waals surface area (Å²) in [4.78, 5) is 24.4. The summed E-state index contributed by atoms with van der Waals surface area (Å²) in [5.74, 6) is 0.360. The lowest BCUT2D eigenvalue weighted by Crippen LogP contribution is -2.21. The molecule has 0 aromatic heterocycles. The van der Waals surface area contributed by atoms with Crippen LogP contribution in [0.4, 0.5) is 5.69 Å². The third-order valence-corrected chi connectivity index (χ3v) is 4.70. The number of nitrogens with one attached hydrogen (secondary N) is 2. The van der Waals surface area contributed by atoms with Crippen LogP contribution in [0.5, 0.6) is 11.5 Å². The number of anilines is 1. The van der Waals surface area contributed by atoms with E-state index < -0.39 is 0 Å². The first-order chi connectivity index (χ1) is 16.0. The van der Waals surface area contributed by atoms with Crippen LogP contribution in [-0.4, -0.2) is 31.2 Å². The van der Waals surface area contributed by atoms with Crippen LogP contribution in [0.3, 0.4) is 0 Å². The Bertz CT molecular complexity index is 1140. The van der Waals surface area contributed by atoms with Crippen LogP contribution in [0.15, 0.2) is 71.8 Å². The number of rotatable bonds is 9. The van der Waals surface area contributed by atoms with E-state index in [2.05, 4.69) is 15.8 Å². The minimum atomic E-state index is -0.299. The van der Waals surface area contributed by atoms with Crippen LogP contribution < -0.4 is 20.2 Å². The van der Waals surface area contributed by atoms with Gasteiger partial charge >= 0.3 is 0 Å². The highest BCUT2D eigenvalue weighted by Crippen LogP contribution is 2.28. The number of amides is 2. The first kappa shape index (κ1) is 23.5. The fourth-order valence-corrected chi connectivity index (χ4v) is 3.10. The molecule has 0 heterocycles. The maximum Gasteiger partial charge on any atom is 0.271 e. The zero-order valence-corrected chi connectivity index (χ0v) is 18.9. The number of nitrogens with zero attached hydrogens (tertiary/aromatic N) is 1. The first-order valence-electron chi connectivity index (χ1n) is 10.6. The van der Waals surface area contributed by atoms with Crippen molar-refractivity contribution in [3.63, 3.8) is 0 Å². The van der Waals surface area contributed by atoms with Crippen molar-refractivity contribution in [2.24, 2.45) is 5.10 Å². The molecule has 0 bridgehead atoms. The molecule has 0 saturated heterocycles. The largest absolute Gasteiger partial charge is 0.490 e. The number of ether oxygens (including phenoxy) is 2. The Labute approximate surface area is 193 Å². The normalized spacial score (nSPS) is 10.6. The van der Waals surface area contributed by atoms with E-state index in [1.165, 1.54) is 6.21 Å². The van der Waals surface area contributed by atoms with Crippen molar-refractivity contribution in [3.8, 4) is 11.5 Å². The molecule has 0 aliphatic rings. The number of aryl methyl sites for hydroxylation is 2. The van der Waals surface area contributed by atoms with Crippen molar-refractivity contribution in [2.45, 2.75) is 20.8 Å². The van der Waals surface area contributed by atoms with E-state index in [-0.39, 0.29) is 18.4 Å². The summed E-state index contributed by atoms with van der Waals surface area (Å²) in [5, 5.41) is 6.86. The van der Waals surface area contributed by atoms with Crippen molar-refractivity contribution >= 4 is 23.7 Å². The predicted octanol–water partition coefficient (Wildman–Crippen LogP) is 4.48. The Kier molecular flexibility index (Phi) is 8.18. The van der Waals surface area contributed by atoms with Crippen LogP contribution >= 0.6 is 0 Å². The zero-order chi connectivity index (χ0) is 23.6. The van der Waals surface area contributed by atoms with Gasteiger partial charge in [-0.25, -0.2) is 5.43 Å². The van der Waals surface area contributed by atoms with Crippen LogP contribution in [-0.2, 0) is 4.79 Å². The quantitative estimate of drug-likeness (QED) is 0.375. The molecule has 0 atom stereocenters. The van der Waals surface area contributed by atoms with Crippen molar-refractivity contribution in [2.75, 3.05) is 18.5 Å². The Morgan fingerprint density at radius 1 is 0.939 bits per heavy atom. The average Bonchev–Trinajstić information content (AvgIpc) is 2.81. The molecular formula is C26H27N3O4. The highest BCUT2D eigenvalue weighted by atomic mass is 16.5. The second-order valence-corrected chi connectivity index (χ2v) is 7.36. The molecule has 3 aromatic carbocycles. The third-order valence-electron chi connectivity index (χ3n) is 4.70. The second-order valence-electron chi connectivity index (χ2n) is 7.36. The molecule has 3 aromatic rings. The third kappa shape index (κ3) is 6.93. The molecule has 0 unspecified atom stereocenters. The van der Waals surface area contributed by atoms with Crippen molar-refractivity contribution in [3.05, 3.63) is 89.0 Å². The van der Waals surface area contributed by atoms with Gasteiger partial charge in [-0.2, -0.15) is 5.10 Å². The Morgan fingerprint density at radius 2 is 1.73 bits per heavy atom. The van der Waals surface area contributed by atoms with E-state index in [0.29, 0.717) is 29.2 Å². The predicted molar refractivity (Wildman–Crippen MR) is 129 cm³/mol. The van der Waals surface area contributed by atoms with E-state index in [0.717, 1.165) is 16.8 Å². The lowest BCUT2D eigenvalue weighted by molar-refractivity contribution is -0.118. The Morgan fingerprint density at radius 3 is 2.45 bits per heavy atom. The van der Waals surface area contributed by atoms with E-state index >= 15 is 0 Å². The van der Waals surface area contributed by atoms with Gasteiger partial charge < -0.3 is 14.8 Å². The van der Waals surface area contributed by atoms with Gasteiger partial charge in [0.05, 0.1) is 12.8 Å². The molecule has 3 rings (SSSR count). The fraction of sp³-hybridized carbons (Fsp3) is 0.192. The van der Waals surface area contributed by atoms with Gasteiger partial charge in [0, 0.05) is 11.3 Å². The summed E-state index contributed by atoms with van der Waals surface area (Å²) in [6, 6.07) is 19.9. The maximum atomic E-state index is 12.3. The molecular weight excluding hydrogens is 418 g/mol. The molecule has 7 heteroatoms. The minimum absolute atomic E-state index is 0.159. The summed E-state index contributed by atoms with van der Waals surface area (Å²) in [6.45, 7) is 6.07. The summed E-state index contributed by atoms with van der Waals surface area (Å²) >= 11 is 0. The van der Waals surface area contributed by atoms with Crippen molar-refractivity contribution < 1.29 is 19.1 Å². The van der Waals surface area contributed by atoms with Crippen molar-refractivity contribution in [1.82, 2.24) is 5.43 Å². The summed E-state index contributed by atoms with van der Waals surface area (Å²) in [7, 11) is 0. The van der Waals surface area contributed by atoms with Crippen LogP contribution in [0, 0.1) is 13.8 Å². The van der Waals surface area contributed by atoms with E-state index in [1.807, 2.05) is 45.0 Å². The highest BCUT2D eigenvalue weighted by molar-refractivity contribution is 5.95. The van der Waals surface area contributed by atoms with Gasteiger partial charge in [0.15, 0.2) is 18.1 Å². The number of hydrazone groups is 1. The van der Waals surface area contributed by atoms with Gasteiger partial charge in [-0.05, 0) is 68.3 Å². The molecule has 2 amide bonds. The first-order valence-corrected chi connectivity index (χ1v) is 10.6. The number of carbonyl (C=O) groups is 2. The molecule has 0 saturated carbocycles. The topological polar surface area (TPSA) is 89.0 Å². The van der Waals surface area contributed by atoms with Crippen LogP contribution in [0.2, 0.25) is 0 Å².